The van der Waals surface area contributed by atoms with Gasteiger partial charge >= 0.3 is 0 Å². The van der Waals surface area contributed by atoms with Crippen LogP contribution in [-0.2, 0) is 11.2 Å². The maximum absolute atomic E-state index is 12.4. The van der Waals surface area contributed by atoms with Crippen LogP contribution in [0.1, 0.15) is 12.0 Å². The van der Waals surface area contributed by atoms with E-state index in [-0.39, 0.29) is 12.0 Å². The molecule has 1 aliphatic heterocycles. The number of thiazole rings is 1. The summed E-state index contributed by atoms with van der Waals surface area (Å²) in [6.45, 7) is 1.36. The molecule has 0 radical (unpaired) electrons. The third kappa shape index (κ3) is 3.57. The van der Waals surface area contributed by atoms with Crippen LogP contribution < -0.4 is 9.47 Å². The topological polar surface area (TPSA) is 51.7 Å². The van der Waals surface area contributed by atoms with Gasteiger partial charge in [-0.2, -0.15) is 0 Å². The first-order chi connectivity index (χ1) is 10.7. The lowest BCUT2D eigenvalue weighted by atomic mass is 10.1. The summed E-state index contributed by atoms with van der Waals surface area (Å²) < 4.78 is 11.0. The van der Waals surface area contributed by atoms with Crippen molar-refractivity contribution < 1.29 is 14.3 Å². The number of ether oxygens (including phenoxy) is 2. The molecule has 1 amide bonds. The molecule has 1 atom stereocenters. The molecule has 1 aromatic heterocycles. The second kappa shape index (κ2) is 6.79. The summed E-state index contributed by atoms with van der Waals surface area (Å²) in [7, 11) is 1.63. The second-order valence-electron chi connectivity index (χ2n) is 5.19. The number of hydrogen-bond donors (Lipinski definition) is 0. The van der Waals surface area contributed by atoms with Gasteiger partial charge in [0.1, 0.15) is 11.9 Å². The van der Waals surface area contributed by atoms with E-state index in [0.29, 0.717) is 18.2 Å². The normalized spacial score (nSPS) is 17.5. The zero-order chi connectivity index (χ0) is 15.4. The van der Waals surface area contributed by atoms with E-state index in [9.17, 15) is 4.79 Å². The fraction of sp³-hybridized carbons (Fsp3) is 0.375. The summed E-state index contributed by atoms with van der Waals surface area (Å²) in [6, 6.07) is 7.62. The summed E-state index contributed by atoms with van der Waals surface area (Å²) in [5, 5.41) is 2.56. The summed E-state index contributed by atoms with van der Waals surface area (Å²) in [5.74, 6) is 0.898. The van der Waals surface area contributed by atoms with Crippen LogP contribution >= 0.6 is 11.3 Å². The van der Waals surface area contributed by atoms with E-state index in [1.165, 1.54) is 11.3 Å². The molecule has 116 valence electrons. The number of benzene rings is 1. The minimum Gasteiger partial charge on any atom is -0.497 e. The molecule has 0 N–H and O–H groups in total. The van der Waals surface area contributed by atoms with Crippen molar-refractivity contribution in [2.45, 2.75) is 18.9 Å². The predicted octanol–water partition coefficient (Wildman–Crippen LogP) is 2.37. The van der Waals surface area contributed by atoms with Gasteiger partial charge in [0.2, 0.25) is 5.91 Å². The first kappa shape index (κ1) is 14.8. The average Bonchev–Trinajstić information content (AvgIpc) is 3.20. The Kier molecular flexibility index (Phi) is 4.58. The van der Waals surface area contributed by atoms with Gasteiger partial charge in [-0.25, -0.2) is 4.98 Å². The molecule has 22 heavy (non-hydrogen) atoms. The van der Waals surface area contributed by atoms with Gasteiger partial charge in [0.05, 0.1) is 20.1 Å². The van der Waals surface area contributed by atoms with Crippen LogP contribution in [0.5, 0.6) is 10.9 Å². The Hall–Kier alpha value is -2.08. The third-order valence-electron chi connectivity index (χ3n) is 3.66. The lowest BCUT2D eigenvalue weighted by Crippen LogP contribution is -2.32. The van der Waals surface area contributed by atoms with Crippen molar-refractivity contribution in [2.24, 2.45) is 0 Å². The van der Waals surface area contributed by atoms with Crippen LogP contribution in [0.2, 0.25) is 0 Å². The lowest BCUT2D eigenvalue weighted by Gasteiger charge is -2.16. The van der Waals surface area contributed by atoms with Gasteiger partial charge < -0.3 is 14.4 Å². The minimum atomic E-state index is 0.0420. The smallest absolute Gasteiger partial charge is 0.273 e. The maximum Gasteiger partial charge on any atom is 0.273 e. The molecule has 2 aromatic rings. The first-order valence-corrected chi connectivity index (χ1v) is 8.09. The number of hydrogen-bond acceptors (Lipinski definition) is 5. The van der Waals surface area contributed by atoms with E-state index in [1.807, 2.05) is 34.5 Å². The van der Waals surface area contributed by atoms with Crippen molar-refractivity contribution in [3.05, 3.63) is 41.4 Å². The fourth-order valence-corrected chi connectivity index (χ4v) is 3.08. The van der Waals surface area contributed by atoms with Crippen molar-refractivity contribution in [3.8, 4) is 10.9 Å². The van der Waals surface area contributed by atoms with E-state index in [1.54, 1.807) is 13.3 Å². The van der Waals surface area contributed by atoms with Crippen LogP contribution in [0.25, 0.3) is 0 Å². The summed E-state index contributed by atoms with van der Waals surface area (Å²) >= 11 is 1.48. The van der Waals surface area contributed by atoms with Crippen molar-refractivity contribution in [3.63, 3.8) is 0 Å². The highest BCUT2D eigenvalue weighted by atomic mass is 32.1. The zero-order valence-electron chi connectivity index (χ0n) is 12.4. The van der Waals surface area contributed by atoms with E-state index >= 15 is 0 Å². The molecule has 2 heterocycles. The standard InChI is InChI=1S/C16H18N2O3S/c1-20-13-4-2-3-12(9-13)10-15(19)18-7-5-14(11-18)21-16-17-6-8-22-16/h2-4,6,8-9,14H,5,7,10-11H2,1H3. The number of methoxy groups -OCH3 is 1. The molecule has 0 spiro atoms. The van der Waals surface area contributed by atoms with E-state index in [4.69, 9.17) is 9.47 Å². The number of carbonyl (C=O) groups excluding carboxylic acids is 1. The Morgan fingerprint density at radius 3 is 3.18 bits per heavy atom. The summed E-state index contributed by atoms with van der Waals surface area (Å²) in [6.07, 6.45) is 3.01. The molecule has 1 fully saturated rings. The van der Waals surface area contributed by atoms with E-state index in [2.05, 4.69) is 4.98 Å². The molecule has 1 unspecified atom stereocenters. The molecule has 0 aliphatic carbocycles. The Morgan fingerprint density at radius 2 is 2.41 bits per heavy atom. The molecule has 0 saturated carbocycles. The first-order valence-electron chi connectivity index (χ1n) is 7.21. The largest absolute Gasteiger partial charge is 0.497 e. The second-order valence-corrected chi connectivity index (χ2v) is 6.05. The Balaban J connectivity index is 1.54. The van der Waals surface area contributed by atoms with Gasteiger partial charge in [-0.05, 0) is 17.7 Å². The van der Waals surface area contributed by atoms with Crippen LogP contribution in [0.4, 0.5) is 0 Å². The van der Waals surface area contributed by atoms with Gasteiger partial charge in [-0.3, -0.25) is 4.79 Å². The molecule has 1 saturated heterocycles. The number of nitrogens with zero attached hydrogens (tertiary/aromatic N) is 2. The molecule has 5 nitrogen and oxygen atoms in total. The quantitative estimate of drug-likeness (QED) is 0.849. The van der Waals surface area contributed by atoms with Crippen LogP contribution in [0, 0.1) is 0 Å². The highest BCUT2D eigenvalue weighted by Crippen LogP contribution is 2.21. The molecular formula is C16H18N2O3S. The van der Waals surface area contributed by atoms with Crippen LogP contribution in [-0.4, -0.2) is 42.1 Å². The number of amides is 1. The van der Waals surface area contributed by atoms with Crippen molar-refractivity contribution in [1.29, 1.82) is 0 Å². The highest BCUT2D eigenvalue weighted by molar-refractivity contribution is 7.11. The predicted molar refractivity (Wildman–Crippen MR) is 84.4 cm³/mol. The van der Waals surface area contributed by atoms with Crippen molar-refractivity contribution >= 4 is 17.2 Å². The number of carbonyl (C=O) groups is 1. The maximum atomic E-state index is 12.4. The fourth-order valence-electron chi connectivity index (χ4n) is 2.53. The Morgan fingerprint density at radius 1 is 1.50 bits per heavy atom. The number of rotatable bonds is 5. The van der Waals surface area contributed by atoms with Gasteiger partial charge in [0, 0.05) is 24.5 Å². The van der Waals surface area contributed by atoms with Gasteiger partial charge in [-0.1, -0.05) is 23.5 Å². The number of aromatic nitrogens is 1. The number of likely N-dealkylation sites (tertiary alicyclic amines) is 1. The average molecular weight is 318 g/mol. The zero-order valence-corrected chi connectivity index (χ0v) is 13.2. The van der Waals surface area contributed by atoms with E-state index in [0.717, 1.165) is 24.3 Å². The highest BCUT2D eigenvalue weighted by Gasteiger charge is 2.28. The molecule has 1 aromatic carbocycles. The molecule has 6 heteroatoms. The lowest BCUT2D eigenvalue weighted by molar-refractivity contribution is -0.129. The summed E-state index contributed by atoms with van der Waals surface area (Å²) in [5.41, 5.74) is 0.966. The third-order valence-corrected chi connectivity index (χ3v) is 4.33. The Labute approximate surface area is 133 Å². The van der Waals surface area contributed by atoms with Crippen LogP contribution in [0.3, 0.4) is 0 Å². The molecule has 3 rings (SSSR count). The van der Waals surface area contributed by atoms with Gasteiger partial charge in [0.25, 0.3) is 5.19 Å². The summed E-state index contributed by atoms with van der Waals surface area (Å²) in [4.78, 5) is 18.4. The molecule has 1 aliphatic rings. The molecule has 0 bridgehead atoms. The monoisotopic (exact) mass is 318 g/mol. The van der Waals surface area contributed by atoms with Crippen molar-refractivity contribution in [2.75, 3.05) is 20.2 Å². The van der Waals surface area contributed by atoms with Gasteiger partial charge in [-0.15, -0.1) is 0 Å². The SMILES string of the molecule is COc1cccc(CC(=O)N2CCC(Oc3nccs3)C2)c1. The van der Waals surface area contributed by atoms with Crippen LogP contribution in [0.15, 0.2) is 35.8 Å². The van der Waals surface area contributed by atoms with Gasteiger partial charge in [0.15, 0.2) is 0 Å². The minimum absolute atomic E-state index is 0.0420. The van der Waals surface area contributed by atoms with Crippen molar-refractivity contribution in [1.82, 2.24) is 9.88 Å². The Bertz CT molecular complexity index is 630. The molecular weight excluding hydrogens is 300 g/mol. The van der Waals surface area contributed by atoms with E-state index < -0.39 is 0 Å².